The maximum atomic E-state index is 13.0. The summed E-state index contributed by atoms with van der Waals surface area (Å²) in [5.41, 5.74) is 1.95. The van der Waals surface area contributed by atoms with Gasteiger partial charge in [0.15, 0.2) is 0 Å². The molecule has 0 atom stereocenters. The van der Waals surface area contributed by atoms with Gasteiger partial charge in [0.05, 0.1) is 0 Å². The summed E-state index contributed by atoms with van der Waals surface area (Å²) in [5.74, 6) is 0.00941. The smallest absolute Gasteiger partial charge is 0.229 e. The van der Waals surface area contributed by atoms with Crippen molar-refractivity contribution in [3.63, 3.8) is 0 Å². The van der Waals surface area contributed by atoms with Gasteiger partial charge in [0.25, 0.3) is 0 Å². The third-order valence-electron chi connectivity index (χ3n) is 4.51. The molecule has 0 radical (unpaired) electrons. The number of para-hydroxylation sites is 1. The molecule has 0 N–H and O–H groups in total. The molecule has 23 heavy (non-hydrogen) atoms. The van der Waals surface area contributed by atoms with Crippen LogP contribution in [-0.4, -0.2) is 26.0 Å². The molecule has 0 spiro atoms. The zero-order chi connectivity index (χ0) is 16.2. The summed E-state index contributed by atoms with van der Waals surface area (Å²) in [4.78, 5) is 16.6. The highest BCUT2D eigenvalue weighted by Gasteiger charge is 2.27. The Labute approximate surface area is 136 Å². The van der Waals surface area contributed by atoms with Gasteiger partial charge in [-0.25, -0.2) is 4.39 Å². The van der Waals surface area contributed by atoms with Crippen LogP contribution in [0.3, 0.4) is 0 Å². The summed E-state index contributed by atoms with van der Waals surface area (Å²) in [7, 11) is 1.84. The molecule has 1 aliphatic heterocycles. The van der Waals surface area contributed by atoms with E-state index in [0.29, 0.717) is 0 Å². The van der Waals surface area contributed by atoms with Crippen LogP contribution < -0.4 is 9.80 Å². The molecule has 0 aliphatic carbocycles. The molecule has 2 aromatic carbocycles. The van der Waals surface area contributed by atoms with Gasteiger partial charge in [-0.05, 0) is 49.2 Å². The molecule has 1 heterocycles. The molecule has 2 aromatic rings. The Morgan fingerprint density at radius 2 is 1.65 bits per heavy atom. The van der Waals surface area contributed by atoms with Crippen molar-refractivity contribution < 1.29 is 9.18 Å². The van der Waals surface area contributed by atoms with Crippen molar-refractivity contribution in [2.45, 2.75) is 12.8 Å². The summed E-state index contributed by atoms with van der Waals surface area (Å²) >= 11 is 0. The summed E-state index contributed by atoms with van der Waals surface area (Å²) in [6, 6.07) is 16.3. The number of hydrogen-bond acceptors (Lipinski definition) is 2. The van der Waals surface area contributed by atoms with Crippen LogP contribution in [0.4, 0.5) is 15.8 Å². The van der Waals surface area contributed by atoms with Crippen molar-refractivity contribution in [3.05, 3.63) is 60.4 Å². The molecule has 1 aliphatic rings. The zero-order valence-electron chi connectivity index (χ0n) is 13.3. The second-order valence-electron chi connectivity index (χ2n) is 5.97. The minimum atomic E-state index is -0.219. The number of hydrogen-bond donors (Lipinski definition) is 0. The van der Waals surface area contributed by atoms with Crippen LogP contribution >= 0.6 is 0 Å². The van der Waals surface area contributed by atoms with Gasteiger partial charge in [-0.3, -0.25) is 4.79 Å². The molecule has 0 saturated carbocycles. The van der Waals surface area contributed by atoms with Crippen molar-refractivity contribution in [2.24, 2.45) is 5.92 Å². The number of piperidine rings is 1. The van der Waals surface area contributed by atoms with Gasteiger partial charge in [-0.1, -0.05) is 18.2 Å². The first-order valence-electron chi connectivity index (χ1n) is 7.98. The van der Waals surface area contributed by atoms with Crippen LogP contribution in [0.5, 0.6) is 0 Å². The Kier molecular flexibility index (Phi) is 4.60. The lowest BCUT2D eigenvalue weighted by atomic mass is 9.95. The molecule has 1 fully saturated rings. The number of carbonyl (C=O) groups excluding carboxylic acids is 1. The summed E-state index contributed by atoms with van der Waals surface area (Å²) in [5, 5.41) is 0. The van der Waals surface area contributed by atoms with Crippen LogP contribution in [0.1, 0.15) is 12.8 Å². The van der Waals surface area contributed by atoms with E-state index >= 15 is 0 Å². The van der Waals surface area contributed by atoms with E-state index in [4.69, 9.17) is 0 Å². The minimum absolute atomic E-state index is 0.0527. The van der Waals surface area contributed by atoms with Crippen molar-refractivity contribution in [1.29, 1.82) is 0 Å². The van der Waals surface area contributed by atoms with Gasteiger partial charge in [-0.2, -0.15) is 0 Å². The quantitative estimate of drug-likeness (QED) is 0.862. The average Bonchev–Trinajstić information content (AvgIpc) is 2.62. The maximum absolute atomic E-state index is 13.0. The van der Waals surface area contributed by atoms with Crippen LogP contribution in [0.2, 0.25) is 0 Å². The highest BCUT2D eigenvalue weighted by Crippen LogP contribution is 2.26. The van der Waals surface area contributed by atoms with Crippen molar-refractivity contribution in [2.75, 3.05) is 29.9 Å². The predicted molar refractivity (Wildman–Crippen MR) is 91.2 cm³/mol. The zero-order valence-corrected chi connectivity index (χ0v) is 13.3. The highest BCUT2D eigenvalue weighted by atomic mass is 19.1. The van der Waals surface area contributed by atoms with Gasteiger partial charge in [0.2, 0.25) is 5.91 Å². The normalized spacial score (nSPS) is 15.5. The fourth-order valence-corrected chi connectivity index (χ4v) is 3.09. The van der Waals surface area contributed by atoms with Gasteiger partial charge in [0, 0.05) is 37.4 Å². The van der Waals surface area contributed by atoms with E-state index in [-0.39, 0.29) is 17.6 Å². The fraction of sp³-hybridized carbons (Fsp3) is 0.316. The second-order valence-corrected chi connectivity index (χ2v) is 5.97. The fourth-order valence-electron chi connectivity index (χ4n) is 3.09. The molecule has 0 aromatic heterocycles. The van der Waals surface area contributed by atoms with Gasteiger partial charge >= 0.3 is 0 Å². The Morgan fingerprint density at radius 3 is 2.26 bits per heavy atom. The molecule has 1 amide bonds. The van der Waals surface area contributed by atoms with Crippen LogP contribution in [0.15, 0.2) is 54.6 Å². The number of nitrogens with zero attached hydrogens (tertiary/aromatic N) is 2. The molecule has 3 nitrogen and oxygen atoms in total. The van der Waals surface area contributed by atoms with E-state index < -0.39 is 0 Å². The van der Waals surface area contributed by atoms with E-state index in [1.165, 1.54) is 12.1 Å². The number of anilines is 2. The van der Waals surface area contributed by atoms with E-state index in [1.807, 2.05) is 37.4 Å². The van der Waals surface area contributed by atoms with Gasteiger partial charge < -0.3 is 9.80 Å². The Balaban J connectivity index is 1.60. The first kappa shape index (κ1) is 15.5. The minimum Gasteiger partial charge on any atom is -0.371 e. The average molecular weight is 312 g/mol. The van der Waals surface area contributed by atoms with Crippen LogP contribution in [0.25, 0.3) is 0 Å². The molecule has 4 heteroatoms. The number of halogens is 1. The summed E-state index contributed by atoms with van der Waals surface area (Å²) in [6.07, 6.45) is 1.65. The SMILES string of the molecule is CN(C(=O)C1CCN(c2ccc(F)cc2)CC1)c1ccccc1. The van der Waals surface area contributed by atoms with Crippen LogP contribution in [-0.2, 0) is 4.79 Å². The van der Waals surface area contributed by atoms with E-state index in [2.05, 4.69) is 4.90 Å². The molecule has 3 rings (SSSR count). The molecule has 0 unspecified atom stereocenters. The Bertz CT molecular complexity index is 649. The van der Waals surface area contributed by atoms with Crippen LogP contribution in [0, 0.1) is 11.7 Å². The predicted octanol–water partition coefficient (Wildman–Crippen LogP) is 3.71. The van der Waals surface area contributed by atoms with E-state index in [9.17, 15) is 9.18 Å². The number of carbonyl (C=O) groups is 1. The lowest BCUT2D eigenvalue weighted by molar-refractivity contribution is -0.122. The molecule has 120 valence electrons. The van der Waals surface area contributed by atoms with Gasteiger partial charge in [0.1, 0.15) is 5.82 Å². The lowest BCUT2D eigenvalue weighted by Crippen LogP contribution is -2.41. The van der Waals surface area contributed by atoms with E-state index in [0.717, 1.165) is 37.3 Å². The lowest BCUT2D eigenvalue weighted by Gasteiger charge is -2.34. The number of amides is 1. The monoisotopic (exact) mass is 312 g/mol. The van der Waals surface area contributed by atoms with Crippen molar-refractivity contribution in [1.82, 2.24) is 0 Å². The highest BCUT2D eigenvalue weighted by molar-refractivity contribution is 5.94. The molecular weight excluding hydrogens is 291 g/mol. The largest absolute Gasteiger partial charge is 0.371 e. The second kappa shape index (κ2) is 6.82. The van der Waals surface area contributed by atoms with Gasteiger partial charge in [-0.15, -0.1) is 0 Å². The first-order valence-corrected chi connectivity index (χ1v) is 7.98. The number of rotatable bonds is 3. The van der Waals surface area contributed by atoms with Crippen molar-refractivity contribution in [3.8, 4) is 0 Å². The standard InChI is InChI=1S/C19H21FN2O/c1-21(17-5-3-2-4-6-17)19(23)15-11-13-22(14-12-15)18-9-7-16(20)8-10-18/h2-10,15H,11-14H2,1H3. The third kappa shape index (κ3) is 3.52. The summed E-state index contributed by atoms with van der Waals surface area (Å²) in [6.45, 7) is 1.65. The third-order valence-corrected chi connectivity index (χ3v) is 4.51. The maximum Gasteiger partial charge on any atom is 0.229 e. The molecular formula is C19H21FN2O. The molecule has 1 saturated heterocycles. The number of benzene rings is 2. The Morgan fingerprint density at radius 1 is 1.04 bits per heavy atom. The topological polar surface area (TPSA) is 23.6 Å². The first-order chi connectivity index (χ1) is 11.1. The molecule has 0 bridgehead atoms. The van der Waals surface area contributed by atoms with E-state index in [1.54, 1.807) is 17.0 Å². The summed E-state index contributed by atoms with van der Waals surface area (Å²) < 4.78 is 13.0. The van der Waals surface area contributed by atoms with Crippen molar-refractivity contribution >= 4 is 17.3 Å². The Hall–Kier alpha value is -2.36.